The summed E-state index contributed by atoms with van der Waals surface area (Å²) in [5.41, 5.74) is 7.72. The van der Waals surface area contributed by atoms with Crippen molar-refractivity contribution in [2.45, 2.75) is 26.4 Å². The third kappa shape index (κ3) is 6.19. The van der Waals surface area contributed by atoms with Crippen LogP contribution in [0.2, 0.25) is 5.02 Å². The van der Waals surface area contributed by atoms with Gasteiger partial charge < -0.3 is 25.2 Å². The van der Waals surface area contributed by atoms with Gasteiger partial charge in [-0.25, -0.2) is 0 Å². The molecule has 8 nitrogen and oxygen atoms in total. The van der Waals surface area contributed by atoms with Crippen LogP contribution in [0, 0.1) is 6.92 Å². The fourth-order valence-electron chi connectivity index (χ4n) is 2.24. The van der Waals surface area contributed by atoms with Gasteiger partial charge in [-0.1, -0.05) is 22.8 Å². The topological polar surface area (TPSA) is 132 Å². The van der Waals surface area contributed by atoms with Gasteiger partial charge in [0, 0.05) is 30.6 Å². The van der Waals surface area contributed by atoms with Crippen molar-refractivity contribution in [3.8, 4) is 5.75 Å². The van der Waals surface area contributed by atoms with Crippen LogP contribution in [0.25, 0.3) is 11.0 Å². The fourth-order valence-corrected chi connectivity index (χ4v) is 2.46. The number of aliphatic hydroxyl groups is 1. The summed E-state index contributed by atoms with van der Waals surface area (Å²) in [5, 5.41) is 21.5. The van der Waals surface area contributed by atoms with Gasteiger partial charge in [-0.05, 0) is 24.6 Å². The molecule has 0 fully saturated rings. The van der Waals surface area contributed by atoms with E-state index in [1.165, 1.54) is 0 Å². The Morgan fingerprint density at radius 3 is 2.71 bits per heavy atom. The molecule has 0 saturated heterocycles. The lowest BCUT2D eigenvalue weighted by atomic mass is 10.1. The summed E-state index contributed by atoms with van der Waals surface area (Å²) in [6.07, 6.45) is 2.04. The second-order valence-electron chi connectivity index (χ2n) is 5.93. The van der Waals surface area contributed by atoms with Crippen molar-refractivity contribution in [3.05, 3.63) is 52.4 Å². The van der Waals surface area contributed by atoms with Crippen LogP contribution in [-0.2, 0) is 17.8 Å². The number of carboxylic acids is 1. The highest BCUT2D eigenvalue weighted by atomic mass is 35.5. The number of rotatable bonds is 7. The van der Waals surface area contributed by atoms with Crippen molar-refractivity contribution in [1.29, 1.82) is 0 Å². The Morgan fingerprint density at radius 2 is 2.11 bits per heavy atom. The van der Waals surface area contributed by atoms with Gasteiger partial charge in [0.1, 0.15) is 12.4 Å². The molecular weight excluding hydrogens is 386 g/mol. The summed E-state index contributed by atoms with van der Waals surface area (Å²) in [5.74, 6) is -0.421. The van der Waals surface area contributed by atoms with Crippen molar-refractivity contribution < 1.29 is 24.3 Å². The van der Waals surface area contributed by atoms with E-state index in [-0.39, 0.29) is 26.1 Å². The monoisotopic (exact) mass is 407 g/mol. The number of nitrogens with zero attached hydrogens (tertiary/aromatic N) is 2. The number of aliphatic carboxylic acids is 1. The van der Waals surface area contributed by atoms with Crippen LogP contribution < -0.4 is 10.5 Å². The molecule has 0 bridgehead atoms. The Balaban J connectivity index is 0.000000640. The molecule has 28 heavy (non-hydrogen) atoms. The van der Waals surface area contributed by atoms with Gasteiger partial charge in [-0.15, -0.1) is 0 Å². The van der Waals surface area contributed by atoms with E-state index in [2.05, 4.69) is 10.1 Å². The zero-order valence-corrected chi connectivity index (χ0v) is 16.1. The van der Waals surface area contributed by atoms with Gasteiger partial charge in [-0.3, -0.25) is 9.78 Å². The van der Waals surface area contributed by atoms with Crippen LogP contribution in [0.5, 0.6) is 5.75 Å². The first-order valence-corrected chi connectivity index (χ1v) is 8.97. The fraction of sp³-hybridized carbons (Fsp3) is 0.316. The molecule has 0 atom stereocenters. The lowest BCUT2D eigenvalue weighted by Crippen LogP contribution is -2.02. The number of hydrogen-bond acceptors (Lipinski definition) is 7. The van der Waals surface area contributed by atoms with Crippen LogP contribution in [-0.4, -0.2) is 39.5 Å². The minimum atomic E-state index is -0.886. The van der Waals surface area contributed by atoms with Crippen molar-refractivity contribution in [2.75, 3.05) is 13.2 Å². The second kappa shape index (κ2) is 10.6. The average Bonchev–Trinajstić information content (AvgIpc) is 3.07. The maximum Gasteiger partial charge on any atom is 0.303 e. The quantitative estimate of drug-likeness (QED) is 0.544. The molecule has 0 saturated carbocycles. The highest BCUT2D eigenvalue weighted by molar-refractivity contribution is 6.32. The molecule has 0 unspecified atom stereocenters. The van der Waals surface area contributed by atoms with E-state index in [1.807, 2.05) is 19.1 Å². The molecule has 4 N–H and O–H groups in total. The smallest absolute Gasteiger partial charge is 0.303 e. The average molecular weight is 408 g/mol. The maximum absolute atomic E-state index is 10.7. The lowest BCUT2D eigenvalue weighted by Gasteiger charge is -2.07. The number of fused-ring (bicyclic) bond motifs is 1. The Hall–Kier alpha value is -2.68. The van der Waals surface area contributed by atoms with E-state index in [9.17, 15) is 4.79 Å². The van der Waals surface area contributed by atoms with Gasteiger partial charge in [0.05, 0.1) is 29.4 Å². The van der Waals surface area contributed by atoms with Crippen LogP contribution in [0.3, 0.4) is 0 Å². The summed E-state index contributed by atoms with van der Waals surface area (Å²) in [6, 6.07) is 7.19. The number of carboxylic acid groups (broad SMARTS) is 1. The van der Waals surface area contributed by atoms with E-state index in [0.717, 1.165) is 11.3 Å². The third-order valence-electron chi connectivity index (χ3n) is 3.65. The van der Waals surface area contributed by atoms with Gasteiger partial charge in [-0.2, -0.15) is 0 Å². The van der Waals surface area contributed by atoms with Gasteiger partial charge >= 0.3 is 5.97 Å². The predicted octanol–water partition coefficient (Wildman–Crippen LogP) is 2.72. The number of aryl methyl sites for hydroxylation is 2. The van der Waals surface area contributed by atoms with Crippen molar-refractivity contribution >= 4 is 28.5 Å². The Labute approximate surface area is 166 Å². The molecule has 0 spiro atoms. The summed E-state index contributed by atoms with van der Waals surface area (Å²) in [4.78, 5) is 15.0. The van der Waals surface area contributed by atoms with Gasteiger partial charge in [0.25, 0.3) is 0 Å². The Kier molecular flexibility index (Phi) is 8.19. The van der Waals surface area contributed by atoms with Gasteiger partial charge in [0.2, 0.25) is 0 Å². The molecule has 0 radical (unpaired) electrons. The van der Waals surface area contributed by atoms with E-state index in [4.69, 9.17) is 36.8 Å². The molecule has 0 aliphatic carbocycles. The Morgan fingerprint density at radius 1 is 1.36 bits per heavy atom. The molecule has 0 aliphatic heterocycles. The van der Waals surface area contributed by atoms with Crippen LogP contribution in [0.4, 0.5) is 0 Å². The number of aliphatic hydroxyl groups excluding tert-OH is 1. The highest BCUT2D eigenvalue weighted by Gasteiger charge is 2.14. The van der Waals surface area contributed by atoms with Crippen LogP contribution in [0.15, 0.2) is 35.0 Å². The molecule has 0 amide bonds. The number of halogens is 1. The molecule has 2 aromatic heterocycles. The zero-order chi connectivity index (χ0) is 20.5. The third-order valence-corrected chi connectivity index (χ3v) is 3.95. The Bertz CT molecular complexity index is 910. The highest BCUT2D eigenvalue weighted by Crippen LogP contribution is 2.32. The van der Waals surface area contributed by atoms with Crippen LogP contribution >= 0.6 is 11.6 Å². The van der Waals surface area contributed by atoms with Crippen molar-refractivity contribution in [1.82, 2.24) is 10.1 Å². The molecule has 150 valence electrons. The van der Waals surface area contributed by atoms with Crippen LogP contribution in [0.1, 0.15) is 23.4 Å². The predicted molar refractivity (Wildman–Crippen MR) is 104 cm³/mol. The summed E-state index contributed by atoms with van der Waals surface area (Å²) >= 11 is 6.26. The second-order valence-corrected chi connectivity index (χ2v) is 6.34. The normalized spacial score (nSPS) is 10.4. The number of carbonyl (C=O) groups is 1. The first-order chi connectivity index (χ1) is 13.4. The van der Waals surface area contributed by atoms with E-state index in [1.54, 1.807) is 18.3 Å². The number of benzene rings is 1. The number of ether oxygens (including phenoxy) is 1. The molecule has 0 aliphatic rings. The largest absolute Gasteiger partial charge is 0.486 e. The zero-order valence-electron chi connectivity index (χ0n) is 15.4. The maximum atomic E-state index is 10.7. The number of nitrogens with two attached hydrogens (primary N) is 1. The molecule has 9 heteroatoms. The molecular formula is C19H22ClN3O5. The summed E-state index contributed by atoms with van der Waals surface area (Å²) in [7, 11) is 0. The SMILES string of the molecule is Cc1ccc(COc2cc3onc(CCC(=O)O)c3cc2Cl)nc1.NCCO. The lowest BCUT2D eigenvalue weighted by molar-refractivity contribution is -0.136. The first kappa shape index (κ1) is 21.6. The van der Waals surface area contributed by atoms with Crippen molar-refractivity contribution in [2.24, 2.45) is 5.73 Å². The van der Waals surface area contributed by atoms with Gasteiger partial charge in [0.15, 0.2) is 5.58 Å². The molecule has 1 aromatic carbocycles. The molecule has 3 rings (SSSR count). The first-order valence-electron chi connectivity index (χ1n) is 8.59. The van der Waals surface area contributed by atoms with E-state index in [0.29, 0.717) is 34.0 Å². The number of aromatic nitrogens is 2. The minimum Gasteiger partial charge on any atom is -0.486 e. The number of hydrogen-bond donors (Lipinski definition) is 3. The van der Waals surface area contributed by atoms with Crippen molar-refractivity contribution in [3.63, 3.8) is 0 Å². The van der Waals surface area contributed by atoms with E-state index < -0.39 is 5.97 Å². The summed E-state index contributed by atoms with van der Waals surface area (Å²) < 4.78 is 10.9. The van der Waals surface area contributed by atoms with E-state index >= 15 is 0 Å². The summed E-state index contributed by atoms with van der Waals surface area (Å²) in [6.45, 7) is 2.72. The minimum absolute atomic E-state index is 0.0173. The standard InChI is InChI=1S/C17H15ClN2O4.C2H7NO/c1-10-2-3-11(19-8-10)9-23-16-7-15-12(6-13(16)18)14(20-24-15)4-5-17(21)22;3-1-2-4/h2-3,6-8H,4-5,9H2,1H3,(H,21,22);4H,1-3H2. The molecule has 2 heterocycles. The molecule has 3 aromatic rings. The number of pyridine rings is 1.